The smallest absolute Gasteiger partial charge is 0.0762 e. The molecule has 1 N–H and O–H groups in total. The number of ether oxygens (including phenoxy) is 1. The van der Waals surface area contributed by atoms with Crippen LogP contribution in [0, 0.1) is 0 Å². The molecule has 0 unspecified atom stereocenters. The maximum atomic E-state index is 9.57. The van der Waals surface area contributed by atoms with Crippen molar-refractivity contribution in [1.29, 1.82) is 0 Å². The number of methoxy groups -OCH3 is 1. The Balaban J connectivity index is 2.10. The van der Waals surface area contributed by atoms with Crippen molar-refractivity contribution in [3.8, 4) is 0 Å². The number of rotatable bonds is 3. The lowest BCUT2D eigenvalue weighted by Gasteiger charge is -2.33. The van der Waals surface area contributed by atoms with Crippen molar-refractivity contribution in [2.45, 2.75) is 32.0 Å². The maximum Gasteiger partial charge on any atom is 0.0762 e. The number of anilines is 1. The van der Waals surface area contributed by atoms with Crippen molar-refractivity contribution in [2.75, 3.05) is 25.1 Å². The van der Waals surface area contributed by atoms with Crippen molar-refractivity contribution in [3.05, 3.63) is 28.2 Å². The molecule has 2 rings (SSSR count). The Bertz CT molecular complexity index is 401. The van der Waals surface area contributed by atoms with Gasteiger partial charge in [-0.25, -0.2) is 0 Å². The molecule has 0 spiro atoms. The highest BCUT2D eigenvalue weighted by molar-refractivity contribution is 9.10. The van der Waals surface area contributed by atoms with Crippen molar-refractivity contribution in [1.82, 2.24) is 0 Å². The third-order valence-corrected chi connectivity index (χ3v) is 4.21. The largest absolute Gasteiger partial charge is 0.389 e. The molecule has 0 aromatic heterocycles. The lowest BCUT2D eigenvalue weighted by Crippen LogP contribution is -2.36. The Labute approximate surface area is 117 Å². The fraction of sp³-hybridized carbons (Fsp3) is 0.571. The average Bonchev–Trinajstić information content (AvgIpc) is 2.38. The lowest BCUT2D eigenvalue weighted by molar-refractivity contribution is 0.0819. The van der Waals surface area contributed by atoms with Crippen LogP contribution in [0.5, 0.6) is 0 Å². The maximum absolute atomic E-state index is 9.57. The Morgan fingerprint density at radius 2 is 2.06 bits per heavy atom. The monoisotopic (exact) mass is 313 g/mol. The van der Waals surface area contributed by atoms with Crippen molar-refractivity contribution >= 4 is 21.6 Å². The Morgan fingerprint density at radius 1 is 1.39 bits per heavy atom. The molecule has 1 aromatic carbocycles. The van der Waals surface area contributed by atoms with Gasteiger partial charge in [0, 0.05) is 24.7 Å². The molecule has 18 heavy (non-hydrogen) atoms. The van der Waals surface area contributed by atoms with E-state index in [9.17, 15) is 5.11 Å². The summed E-state index contributed by atoms with van der Waals surface area (Å²) in [5.41, 5.74) is 2.14. The van der Waals surface area contributed by atoms with Crippen LogP contribution in [0.15, 0.2) is 22.7 Å². The van der Waals surface area contributed by atoms with E-state index in [1.807, 2.05) is 12.1 Å². The van der Waals surface area contributed by atoms with E-state index in [2.05, 4.69) is 26.9 Å². The zero-order chi connectivity index (χ0) is 13.1. The number of aliphatic hydroxyl groups is 1. The summed E-state index contributed by atoms with van der Waals surface area (Å²) in [5, 5.41) is 9.57. The summed E-state index contributed by atoms with van der Waals surface area (Å²) in [7, 11) is 1.79. The van der Waals surface area contributed by atoms with Crippen LogP contribution in [0.4, 0.5) is 5.69 Å². The SMILES string of the molecule is COC1CCN(c2ccc([C@@H](C)O)cc2Br)CC1. The van der Waals surface area contributed by atoms with Gasteiger partial charge in [-0.2, -0.15) is 0 Å². The van der Waals surface area contributed by atoms with Gasteiger partial charge in [-0.1, -0.05) is 6.07 Å². The summed E-state index contributed by atoms with van der Waals surface area (Å²) >= 11 is 3.60. The summed E-state index contributed by atoms with van der Waals surface area (Å²) in [6.45, 7) is 3.82. The molecule has 1 fully saturated rings. The standard InChI is InChI=1S/C14H20BrNO2/c1-10(17)11-3-4-14(13(15)9-11)16-7-5-12(18-2)6-8-16/h3-4,9-10,12,17H,5-8H2,1-2H3/t10-/m1/s1. The summed E-state index contributed by atoms with van der Waals surface area (Å²) in [6, 6.07) is 6.08. The molecule has 0 amide bonds. The van der Waals surface area contributed by atoms with Crippen LogP contribution < -0.4 is 4.90 Å². The van der Waals surface area contributed by atoms with Crippen LogP contribution in [0.25, 0.3) is 0 Å². The number of hydrogen-bond donors (Lipinski definition) is 1. The van der Waals surface area contributed by atoms with Gasteiger partial charge in [0.1, 0.15) is 0 Å². The van der Waals surface area contributed by atoms with Crippen LogP contribution in [0.2, 0.25) is 0 Å². The van der Waals surface area contributed by atoms with Crippen molar-refractivity contribution in [3.63, 3.8) is 0 Å². The number of benzene rings is 1. The molecule has 1 aromatic rings. The van der Waals surface area contributed by atoms with E-state index < -0.39 is 6.10 Å². The number of aliphatic hydroxyl groups excluding tert-OH is 1. The summed E-state index contributed by atoms with van der Waals surface area (Å²) in [6.07, 6.45) is 2.12. The highest BCUT2D eigenvalue weighted by atomic mass is 79.9. The lowest BCUT2D eigenvalue weighted by atomic mass is 10.1. The van der Waals surface area contributed by atoms with Crippen LogP contribution in [0.1, 0.15) is 31.4 Å². The number of halogens is 1. The Kier molecular flexibility index (Phi) is 4.65. The van der Waals surface area contributed by atoms with Crippen LogP contribution in [0.3, 0.4) is 0 Å². The molecule has 1 heterocycles. The molecule has 1 aliphatic heterocycles. The first-order valence-electron chi connectivity index (χ1n) is 6.37. The Hall–Kier alpha value is -0.580. The fourth-order valence-corrected chi connectivity index (χ4v) is 3.02. The van der Waals surface area contributed by atoms with Gasteiger partial charge >= 0.3 is 0 Å². The fourth-order valence-electron chi connectivity index (χ4n) is 2.37. The summed E-state index contributed by atoms with van der Waals surface area (Å²) in [5.74, 6) is 0. The molecule has 4 heteroatoms. The van der Waals surface area contributed by atoms with Crippen molar-refractivity contribution in [2.24, 2.45) is 0 Å². The number of nitrogens with zero attached hydrogens (tertiary/aromatic N) is 1. The van der Waals surface area contributed by atoms with Gasteiger partial charge < -0.3 is 14.7 Å². The normalized spacial score (nSPS) is 19.0. The van der Waals surface area contributed by atoms with E-state index in [4.69, 9.17) is 4.74 Å². The van der Waals surface area contributed by atoms with E-state index in [1.54, 1.807) is 14.0 Å². The quantitative estimate of drug-likeness (QED) is 0.930. The van der Waals surface area contributed by atoms with E-state index >= 15 is 0 Å². The van der Waals surface area contributed by atoms with E-state index in [0.717, 1.165) is 36.0 Å². The molecule has 3 nitrogen and oxygen atoms in total. The van der Waals surface area contributed by atoms with E-state index in [0.29, 0.717) is 6.10 Å². The van der Waals surface area contributed by atoms with Gasteiger partial charge in [0.2, 0.25) is 0 Å². The van der Waals surface area contributed by atoms with E-state index in [-0.39, 0.29) is 0 Å². The minimum absolute atomic E-state index is 0.400. The molecular weight excluding hydrogens is 294 g/mol. The minimum Gasteiger partial charge on any atom is -0.389 e. The first-order valence-corrected chi connectivity index (χ1v) is 7.16. The molecule has 1 saturated heterocycles. The average molecular weight is 314 g/mol. The summed E-state index contributed by atoms with van der Waals surface area (Å²) in [4.78, 5) is 2.37. The number of piperidine rings is 1. The molecule has 0 saturated carbocycles. The highest BCUT2D eigenvalue weighted by Crippen LogP contribution is 2.31. The Morgan fingerprint density at radius 3 is 2.56 bits per heavy atom. The molecule has 0 bridgehead atoms. The van der Waals surface area contributed by atoms with Gasteiger partial charge in [-0.3, -0.25) is 0 Å². The van der Waals surface area contributed by atoms with Crippen molar-refractivity contribution < 1.29 is 9.84 Å². The second kappa shape index (κ2) is 6.04. The molecule has 0 aliphatic carbocycles. The van der Waals surface area contributed by atoms with Gasteiger partial charge in [-0.05, 0) is 53.4 Å². The van der Waals surface area contributed by atoms with Gasteiger partial charge in [0.05, 0.1) is 17.9 Å². The molecule has 100 valence electrons. The third kappa shape index (κ3) is 3.05. The van der Waals surface area contributed by atoms with Crippen LogP contribution >= 0.6 is 15.9 Å². The van der Waals surface area contributed by atoms with Gasteiger partial charge in [0.25, 0.3) is 0 Å². The molecule has 1 atom stereocenters. The first kappa shape index (κ1) is 13.8. The molecular formula is C14H20BrNO2. The summed E-state index contributed by atoms with van der Waals surface area (Å²) < 4.78 is 6.44. The van der Waals surface area contributed by atoms with Gasteiger partial charge in [-0.15, -0.1) is 0 Å². The predicted molar refractivity (Wildman–Crippen MR) is 77.0 cm³/mol. The van der Waals surface area contributed by atoms with Gasteiger partial charge in [0.15, 0.2) is 0 Å². The van der Waals surface area contributed by atoms with Crippen LogP contribution in [-0.4, -0.2) is 31.4 Å². The minimum atomic E-state index is -0.422. The zero-order valence-electron chi connectivity index (χ0n) is 10.9. The molecule has 1 aliphatic rings. The topological polar surface area (TPSA) is 32.7 Å². The molecule has 0 radical (unpaired) electrons. The third-order valence-electron chi connectivity index (χ3n) is 3.57. The second-order valence-electron chi connectivity index (χ2n) is 4.81. The predicted octanol–water partition coefficient (Wildman–Crippen LogP) is 3.12. The second-order valence-corrected chi connectivity index (χ2v) is 5.66. The van der Waals surface area contributed by atoms with Crippen LogP contribution in [-0.2, 0) is 4.74 Å². The zero-order valence-corrected chi connectivity index (χ0v) is 12.5. The van der Waals surface area contributed by atoms with E-state index in [1.165, 1.54) is 5.69 Å². The highest BCUT2D eigenvalue weighted by Gasteiger charge is 2.20. The number of hydrogen-bond acceptors (Lipinski definition) is 3. The first-order chi connectivity index (χ1) is 8.61.